The molecule has 1 atom stereocenters. The van der Waals surface area contributed by atoms with Crippen molar-refractivity contribution in [2.45, 2.75) is 19.4 Å². The van der Waals surface area contributed by atoms with Gasteiger partial charge < -0.3 is 15.0 Å². The normalized spacial score (nSPS) is 18.2. The van der Waals surface area contributed by atoms with Crippen LogP contribution in [0.3, 0.4) is 0 Å². The highest BCUT2D eigenvalue weighted by Gasteiger charge is 2.33. The van der Waals surface area contributed by atoms with Crippen molar-refractivity contribution in [2.75, 3.05) is 40.3 Å². The average Bonchev–Trinajstić information content (AvgIpc) is 2.67. The van der Waals surface area contributed by atoms with E-state index in [0.29, 0.717) is 32.6 Å². The Morgan fingerprint density at radius 2 is 2.26 bits per heavy atom. The molecule has 1 aliphatic rings. The highest BCUT2D eigenvalue weighted by atomic mass is 16.6. The van der Waals surface area contributed by atoms with Crippen molar-refractivity contribution in [1.82, 2.24) is 15.1 Å². The van der Waals surface area contributed by atoms with E-state index in [9.17, 15) is 9.59 Å². The fourth-order valence-electron chi connectivity index (χ4n) is 1.66. The molecule has 106 valence electrons. The van der Waals surface area contributed by atoms with E-state index in [1.165, 1.54) is 0 Å². The molecule has 1 fully saturated rings. The van der Waals surface area contributed by atoms with Gasteiger partial charge in [-0.05, 0) is 21.0 Å². The second-order valence-corrected chi connectivity index (χ2v) is 4.56. The standard InChI is InChI=1S/C13H21N3O3/c1-4-14-13(18)19-11-7-10-16(12(11)17)9-6-5-8-15(2)3/h11H,4,7-10H2,1-3H3,(H,14,18). The number of likely N-dealkylation sites (tertiary alicyclic amines) is 1. The van der Waals surface area contributed by atoms with Gasteiger partial charge in [0.1, 0.15) is 0 Å². The molecule has 1 saturated heterocycles. The van der Waals surface area contributed by atoms with E-state index < -0.39 is 12.2 Å². The first kappa shape index (κ1) is 15.3. The molecule has 0 aromatic heterocycles. The molecule has 0 bridgehead atoms. The van der Waals surface area contributed by atoms with Crippen LogP contribution in [0.5, 0.6) is 0 Å². The van der Waals surface area contributed by atoms with Gasteiger partial charge >= 0.3 is 6.09 Å². The van der Waals surface area contributed by atoms with E-state index in [1.807, 2.05) is 19.0 Å². The Hall–Kier alpha value is -1.74. The Morgan fingerprint density at radius 1 is 1.53 bits per heavy atom. The zero-order chi connectivity index (χ0) is 14.3. The number of amides is 2. The maximum Gasteiger partial charge on any atom is 0.407 e. The Kier molecular flexibility index (Phi) is 6.16. The number of nitrogens with one attached hydrogen (secondary N) is 1. The number of carbonyl (C=O) groups is 2. The second-order valence-electron chi connectivity index (χ2n) is 4.56. The van der Waals surface area contributed by atoms with Crippen LogP contribution in [0.25, 0.3) is 0 Å². The molecule has 6 nitrogen and oxygen atoms in total. The SMILES string of the molecule is CCNC(=O)OC1CCN(CC#CCN(C)C)C1=O. The van der Waals surface area contributed by atoms with Gasteiger partial charge in [0.2, 0.25) is 0 Å². The van der Waals surface area contributed by atoms with Gasteiger partial charge in [-0.3, -0.25) is 9.69 Å². The van der Waals surface area contributed by atoms with Gasteiger partial charge in [0.15, 0.2) is 6.10 Å². The van der Waals surface area contributed by atoms with Gasteiger partial charge in [-0.15, -0.1) is 0 Å². The molecule has 0 radical (unpaired) electrons. The third-order valence-corrected chi connectivity index (χ3v) is 2.61. The number of rotatable bonds is 4. The van der Waals surface area contributed by atoms with E-state index in [4.69, 9.17) is 4.74 Å². The summed E-state index contributed by atoms with van der Waals surface area (Å²) in [6, 6.07) is 0. The lowest BCUT2D eigenvalue weighted by Crippen LogP contribution is -2.35. The van der Waals surface area contributed by atoms with Crippen molar-refractivity contribution in [3.8, 4) is 11.8 Å². The molecule has 1 unspecified atom stereocenters. The quantitative estimate of drug-likeness (QED) is 0.723. The van der Waals surface area contributed by atoms with Gasteiger partial charge in [-0.25, -0.2) is 4.79 Å². The molecule has 1 rings (SSSR count). The molecular formula is C13H21N3O3. The maximum atomic E-state index is 11.9. The van der Waals surface area contributed by atoms with Crippen LogP contribution in [-0.4, -0.2) is 68.2 Å². The summed E-state index contributed by atoms with van der Waals surface area (Å²) in [5.41, 5.74) is 0. The van der Waals surface area contributed by atoms with Crippen LogP contribution >= 0.6 is 0 Å². The molecule has 0 aromatic carbocycles. The topological polar surface area (TPSA) is 61.9 Å². The summed E-state index contributed by atoms with van der Waals surface area (Å²) >= 11 is 0. The number of hydrogen-bond acceptors (Lipinski definition) is 4. The Labute approximate surface area is 114 Å². The fourth-order valence-corrected chi connectivity index (χ4v) is 1.66. The summed E-state index contributed by atoms with van der Waals surface area (Å²) < 4.78 is 5.04. The molecule has 1 aliphatic heterocycles. The predicted octanol–water partition coefficient (Wildman–Crippen LogP) is -0.102. The molecular weight excluding hydrogens is 246 g/mol. The third-order valence-electron chi connectivity index (χ3n) is 2.61. The first-order valence-corrected chi connectivity index (χ1v) is 6.38. The molecule has 6 heteroatoms. The maximum absolute atomic E-state index is 11.9. The van der Waals surface area contributed by atoms with Crippen LogP contribution < -0.4 is 5.32 Å². The van der Waals surface area contributed by atoms with Crippen LogP contribution in [0.2, 0.25) is 0 Å². The van der Waals surface area contributed by atoms with Crippen LogP contribution in [0.1, 0.15) is 13.3 Å². The van der Waals surface area contributed by atoms with E-state index in [1.54, 1.807) is 11.8 Å². The lowest BCUT2D eigenvalue weighted by Gasteiger charge is -2.13. The number of hydrogen-bond donors (Lipinski definition) is 1. The summed E-state index contributed by atoms with van der Waals surface area (Å²) in [5.74, 6) is 5.75. The first-order valence-electron chi connectivity index (χ1n) is 6.38. The molecule has 2 amide bonds. The lowest BCUT2D eigenvalue weighted by molar-refractivity contribution is -0.134. The van der Waals surface area contributed by atoms with Crippen LogP contribution in [-0.2, 0) is 9.53 Å². The summed E-state index contributed by atoms with van der Waals surface area (Å²) in [5, 5.41) is 2.51. The molecule has 1 N–H and O–H groups in total. The van der Waals surface area contributed by atoms with Gasteiger partial charge in [-0.2, -0.15) is 0 Å². The fraction of sp³-hybridized carbons (Fsp3) is 0.692. The largest absolute Gasteiger partial charge is 0.436 e. The first-order chi connectivity index (χ1) is 9.04. The van der Waals surface area contributed by atoms with E-state index in [-0.39, 0.29) is 5.91 Å². The predicted molar refractivity (Wildman–Crippen MR) is 71.5 cm³/mol. The Balaban J connectivity index is 2.38. The van der Waals surface area contributed by atoms with Crippen molar-refractivity contribution in [2.24, 2.45) is 0 Å². The van der Waals surface area contributed by atoms with E-state index >= 15 is 0 Å². The minimum Gasteiger partial charge on any atom is -0.436 e. The molecule has 0 saturated carbocycles. The van der Waals surface area contributed by atoms with Crippen LogP contribution in [0.4, 0.5) is 4.79 Å². The van der Waals surface area contributed by atoms with Crippen molar-refractivity contribution in [1.29, 1.82) is 0 Å². The van der Waals surface area contributed by atoms with E-state index in [0.717, 1.165) is 0 Å². The van der Waals surface area contributed by atoms with Gasteiger partial charge in [0.25, 0.3) is 5.91 Å². The smallest absolute Gasteiger partial charge is 0.407 e. The Bertz CT molecular complexity index is 384. The summed E-state index contributed by atoms with van der Waals surface area (Å²) in [6.45, 7) is 3.92. The van der Waals surface area contributed by atoms with Crippen molar-refractivity contribution >= 4 is 12.0 Å². The number of nitrogens with zero attached hydrogens (tertiary/aromatic N) is 2. The van der Waals surface area contributed by atoms with Crippen molar-refractivity contribution in [3.63, 3.8) is 0 Å². The second kappa shape index (κ2) is 7.64. The molecule has 0 aromatic rings. The summed E-state index contributed by atoms with van der Waals surface area (Å²) in [4.78, 5) is 26.7. The average molecular weight is 267 g/mol. The highest BCUT2D eigenvalue weighted by Crippen LogP contribution is 2.13. The molecule has 19 heavy (non-hydrogen) atoms. The van der Waals surface area contributed by atoms with Gasteiger partial charge in [-0.1, -0.05) is 11.8 Å². The third kappa shape index (κ3) is 5.18. The molecule has 0 aliphatic carbocycles. The van der Waals surface area contributed by atoms with Crippen LogP contribution in [0, 0.1) is 11.8 Å². The van der Waals surface area contributed by atoms with Crippen molar-refractivity contribution in [3.05, 3.63) is 0 Å². The van der Waals surface area contributed by atoms with Gasteiger partial charge in [0.05, 0.1) is 13.1 Å². The minimum atomic E-state index is -0.665. The minimum absolute atomic E-state index is 0.162. The van der Waals surface area contributed by atoms with Crippen molar-refractivity contribution < 1.29 is 14.3 Å². The molecule has 0 spiro atoms. The summed E-state index contributed by atoms with van der Waals surface area (Å²) in [6.07, 6.45) is -0.672. The summed E-state index contributed by atoms with van der Waals surface area (Å²) in [7, 11) is 3.87. The highest BCUT2D eigenvalue weighted by molar-refractivity contribution is 5.85. The Morgan fingerprint density at radius 3 is 2.89 bits per heavy atom. The monoisotopic (exact) mass is 267 g/mol. The number of carbonyl (C=O) groups excluding carboxylic acids is 2. The number of alkyl carbamates (subject to hydrolysis) is 1. The number of ether oxygens (including phenoxy) is 1. The van der Waals surface area contributed by atoms with E-state index in [2.05, 4.69) is 17.2 Å². The lowest BCUT2D eigenvalue weighted by atomic mass is 10.3. The van der Waals surface area contributed by atoms with Gasteiger partial charge in [0, 0.05) is 19.5 Å². The zero-order valence-electron chi connectivity index (χ0n) is 11.7. The van der Waals surface area contributed by atoms with Crippen LogP contribution in [0.15, 0.2) is 0 Å². The molecule has 1 heterocycles. The zero-order valence-corrected chi connectivity index (χ0v) is 11.7.